The third-order valence-corrected chi connectivity index (χ3v) is 5.92. The van der Waals surface area contributed by atoms with Crippen molar-refractivity contribution in [3.63, 3.8) is 0 Å². The summed E-state index contributed by atoms with van der Waals surface area (Å²) in [6.45, 7) is 6.45. The van der Waals surface area contributed by atoms with Gasteiger partial charge in [0.1, 0.15) is 5.01 Å². The van der Waals surface area contributed by atoms with Gasteiger partial charge in [0, 0.05) is 23.7 Å². The van der Waals surface area contributed by atoms with Crippen LogP contribution in [0, 0.1) is 19.8 Å². The van der Waals surface area contributed by atoms with Gasteiger partial charge in [0.2, 0.25) is 0 Å². The number of aromatic nitrogens is 3. The molecule has 0 saturated heterocycles. The molecule has 0 unspecified atom stereocenters. The zero-order valence-electron chi connectivity index (χ0n) is 13.3. The van der Waals surface area contributed by atoms with Crippen LogP contribution in [0.1, 0.15) is 49.0 Å². The number of hydrogen-bond acceptors (Lipinski definition) is 4. The number of aryl methyl sites for hydroxylation is 2. The Morgan fingerprint density at radius 3 is 2.57 bits per heavy atom. The number of hydrogen-bond donors (Lipinski definition) is 1. The third-order valence-electron chi connectivity index (χ3n) is 4.86. The molecule has 0 atom stereocenters. The molecule has 0 radical (unpaired) electrons. The minimum Gasteiger partial charge on any atom is -0.319 e. The molecular weight excluding hydrogens is 280 g/mol. The fourth-order valence-corrected chi connectivity index (χ4v) is 4.24. The zero-order chi connectivity index (χ0) is 15.2. The smallest absolute Gasteiger partial charge is 0.113 e. The van der Waals surface area contributed by atoms with Crippen molar-refractivity contribution in [1.29, 1.82) is 0 Å². The highest BCUT2D eigenvalue weighted by Gasteiger charge is 2.34. The molecule has 1 saturated carbocycles. The van der Waals surface area contributed by atoms with Gasteiger partial charge in [0.25, 0.3) is 0 Å². The van der Waals surface area contributed by atoms with Gasteiger partial charge in [-0.25, -0.2) is 4.98 Å². The lowest BCUT2D eigenvalue weighted by atomic mass is 9.78. The van der Waals surface area contributed by atoms with E-state index < -0.39 is 0 Å². The first-order valence-corrected chi connectivity index (χ1v) is 8.54. The van der Waals surface area contributed by atoms with Gasteiger partial charge in [0.15, 0.2) is 0 Å². The quantitative estimate of drug-likeness (QED) is 0.923. The van der Waals surface area contributed by atoms with Crippen LogP contribution in [0.4, 0.5) is 0 Å². The van der Waals surface area contributed by atoms with Crippen LogP contribution in [-0.2, 0) is 12.6 Å². The molecule has 1 aliphatic rings. The molecule has 114 valence electrons. The number of rotatable bonds is 2. The third kappa shape index (κ3) is 2.53. The molecule has 21 heavy (non-hydrogen) atoms. The standard InChI is InChI=1S/C16H24N4S/c1-10-5-7-16(17,8-6-10)15-18-13(9-21-15)14-11(2)19-20(4)12(14)3/h9-10H,5-8,17H2,1-4H3. The second-order valence-corrected chi connectivity index (χ2v) is 7.40. The Kier molecular flexibility index (Phi) is 3.66. The molecule has 1 fully saturated rings. The summed E-state index contributed by atoms with van der Waals surface area (Å²) in [7, 11) is 1.98. The summed E-state index contributed by atoms with van der Waals surface area (Å²) in [5, 5.41) is 7.71. The molecule has 3 rings (SSSR count). The Hall–Kier alpha value is -1.20. The molecule has 2 aromatic rings. The van der Waals surface area contributed by atoms with Gasteiger partial charge in [0.05, 0.1) is 16.9 Å². The van der Waals surface area contributed by atoms with Gasteiger partial charge < -0.3 is 5.73 Å². The molecule has 5 heteroatoms. The summed E-state index contributed by atoms with van der Waals surface area (Å²) < 4.78 is 1.92. The average molecular weight is 304 g/mol. The first kappa shape index (κ1) is 14.7. The minimum atomic E-state index is -0.223. The predicted molar refractivity (Wildman–Crippen MR) is 87.3 cm³/mol. The van der Waals surface area contributed by atoms with E-state index >= 15 is 0 Å². The highest BCUT2D eigenvalue weighted by atomic mass is 32.1. The first-order chi connectivity index (χ1) is 9.90. The summed E-state index contributed by atoms with van der Waals surface area (Å²) in [5.41, 5.74) is 10.8. The molecular formula is C16H24N4S. The second kappa shape index (κ2) is 5.21. The molecule has 1 aliphatic carbocycles. The van der Waals surface area contributed by atoms with Crippen molar-refractivity contribution in [2.45, 2.75) is 52.0 Å². The van der Waals surface area contributed by atoms with E-state index in [1.54, 1.807) is 11.3 Å². The molecule has 0 aliphatic heterocycles. The summed E-state index contributed by atoms with van der Waals surface area (Å²) in [6.07, 6.45) is 4.50. The van der Waals surface area contributed by atoms with E-state index in [1.165, 1.54) is 12.8 Å². The van der Waals surface area contributed by atoms with Crippen LogP contribution >= 0.6 is 11.3 Å². The Morgan fingerprint density at radius 1 is 1.33 bits per heavy atom. The molecule has 0 spiro atoms. The number of nitrogens with zero attached hydrogens (tertiary/aromatic N) is 3. The van der Waals surface area contributed by atoms with Gasteiger partial charge in [-0.1, -0.05) is 6.92 Å². The fourth-order valence-electron chi connectivity index (χ4n) is 3.25. The molecule has 2 heterocycles. The normalized spacial score (nSPS) is 26.2. The van der Waals surface area contributed by atoms with Gasteiger partial charge in [-0.2, -0.15) is 5.10 Å². The van der Waals surface area contributed by atoms with Gasteiger partial charge in [-0.05, 0) is 45.4 Å². The van der Waals surface area contributed by atoms with Crippen LogP contribution in [0.15, 0.2) is 5.38 Å². The zero-order valence-corrected chi connectivity index (χ0v) is 14.1. The Balaban J connectivity index is 1.93. The minimum absolute atomic E-state index is 0.223. The predicted octanol–water partition coefficient (Wildman–Crippen LogP) is 3.52. The summed E-state index contributed by atoms with van der Waals surface area (Å²) in [6, 6.07) is 0. The van der Waals surface area contributed by atoms with E-state index in [2.05, 4.69) is 24.3 Å². The lowest BCUT2D eigenvalue weighted by Gasteiger charge is -2.34. The average Bonchev–Trinajstić information content (AvgIpc) is 3.00. The summed E-state index contributed by atoms with van der Waals surface area (Å²) >= 11 is 1.70. The van der Waals surface area contributed by atoms with Crippen molar-refractivity contribution >= 4 is 11.3 Å². The van der Waals surface area contributed by atoms with E-state index in [-0.39, 0.29) is 5.54 Å². The molecule has 0 bridgehead atoms. The van der Waals surface area contributed by atoms with Crippen molar-refractivity contribution in [1.82, 2.24) is 14.8 Å². The molecule has 4 nitrogen and oxygen atoms in total. The van der Waals surface area contributed by atoms with E-state index in [0.29, 0.717) is 0 Å². The maximum atomic E-state index is 6.64. The Morgan fingerprint density at radius 2 is 2.00 bits per heavy atom. The lowest BCUT2D eigenvalue weighted by Crippen LogP contribution is -2.40. The highest BCUT2D eigenvalue weighted by Crippen LogP contribution is 2.40. The van der Waals surface area contributed by atoms with Crippen LogP contribution in [0.3, 0.4) is 0 Å². The SMILES string of the molecule is Cc1nn(C)c(C)c1-c1csc(C2(N)CCC(C)CC2)n1. The van der Waals surface area contributed by atoms with Gasteiger partial charge in [-0.15, -0.1) is 11.3 Å². The lowest BCUT2D eigenvalue weighted by molar-refractivity contribution is 0.247. The summed E-state index contributed by atoms with van der Waals surface area (Å²) in [5.74, 6) is 0.795. The van der Waals surface area contributed by atoms with E-state index in [9.17, 15) is 0 Å². The topological polar surface area (TPSA) is 56.7 Å². The van der Waals surface area contributed by atoms with Gasteiger partial charge in [-0.3, -0.25) is 4.68 Å². The largest absolute Gasteiger partial charge is 0.319 e. The number of nitrogens with two attached hydrogens (primary N) is 1. The maximum Gasteiger partial charge on any atom is 0.113 e. The Labute approximate surface area is 130 Å². The maximum absolute atomic E-state index is 6.64. The van der Waals surface area contributed by atoms with Crippen LogP contribution in [0.25, 0.3) is 11.3 Å². The van der Waals surface area contributed by atoms with Crippen LogP contribution in [0.5, 0.6) is 0 Å². The van der Waals surface area contributed by atoms with Crippen molar-refractivity contribution in [3.8, 4) is 11.3 Å². The number of thiazole rings is 1. The Bertz CT molecular complexity index is 647. The molecule has 0 aromatic carbocycles. The van der Waals surface area contributed by atoms with E-state index in [4.69, 9.17) is 10.7 Å². The van der Waals surface area contributed by atoms with Crippen molar-refractivity contribution < 1.29 is 0 Å². The van der Waals surface area contributed by atoms with E-state index in [1.807, 2.05) is 18.7 Å². The molecule has 0 amide bonds. The van der Waals surface area contributed by atoms with Crippen LogP contribution in [0.2, 0.25) is 0 Å². The second-order valence-electron chi connectivity index (χ2n) is 6.55. The summed E-state index contributed by atoms with van der Waals surface area (Å²) in [4.78, 5) is 4.88. The van der Waals surface area contributed by atoms with Crippen LogP contribution in [-0.4, -0.2) is 14.8 Å². The van der Waals surface area contributed by atoms with Gasteiger partial charge >= 0.3 is 0 Å². The monoisotopic (exact) mass is 304 g/mol. The highest BCUT2D eigenvalue weighted by molar-refractivity contribution is 7.10. The fraction of sp³-hybridized carbons (Fsp3) is 0.625. The van der Waals surface area contributed by atoms with Crippen molar-refractivity contribution in [2.24, 2.45) is 18.7 Å². The van der Waals surface area contributed by atoms with E-state index in [0.717, 1.165) is 46.4 Å². The van der Waals surface area contributed by atoms with Crippen molar-refractivity contribution in [3.05, 3.63) is 21.8 Å². The molecule has 2 N–H and O–H groups in total. The first-order valence-electron chi connectivity index (χ1n) is 7.66. The van der Waals surface area contributed by atoms with Crippen LogP contribution < -0.4 is 5.73 Å². The molecule has 2 aromatic heterocycles. The van der Waals surface area contributed by atoms with Crippen molar-refractivity contribution in [2.75, 3.05) is 0 Å².